The van der Waals surface area contributed by atoms with Gasteiger partial charge in [-0.2, -0.15) is 0 Å². The molecular formula is C16H30N2O3. The summed E-state index contributed by atoms with van der Waals surface area (Å²) < 4.78 is 11.3. The zero-order chi connectivity index (χ0) is 15.8. The molecule has 1 fully saturated rings. The van der Waals surface area contributed by atoms with Crippen LogP contribution < -0.4 is 5.32 Å². The largest absolute Gasteiger partial charge is 0.379 e. The van der Waals surface area contributed by atoms with E-state index in [1.807, 2.05) is 31.9 Å². The molecule has 0 radical (unpaired) electrons. The predicted molar refractivity (Wildman–Crippen MR) is 84.3 cm³/mol. The van der Waals surface area contributed by atoms with Gasteiger partial charge in [0.1, 0.15) is 6.10 Å². The third-order valence-corrected chi connectivity index (χ3v) is 3.73. The van der Waals surface area contributed by atoms with Crippen molar-refractivity contribution in [2.45, 2.75) is 52.3 Å². The summed E-state index contributed by atoms with van der Waals surface area (Å²) in [6.07, 6.45) is 2.78. The van der Waals surface area contributed by atoms with E-state index < -0.39 is 0 Å². The molecule has 5 nitrogen and oxygen atoms in total. The van der Waals surface area contributed by atoms with Crippen molar-refractivity contribution in [1.82, 2.24) is 10.2 Å². The average Bonchev–Trinajstić information content (AvgIpc) is 2.40. The molecule has 122 valence electrons. The fourth-order valence-electron chi connectivity index (χ4n) is 2.04. The van der Waals surface area contributed by atoms with Crippen LogP contribution in [0.2, 0.25) is 0 Å². The van der Waals surface area contributed by atoms with Crippen molar-refractivity contribution >= 4 is 5.91 Å². The van der Waals surface area contributed by atoms with Gasteiger partial charge in [0.2, 0.25) is 5.91 Å². The van der Waals surface area contributed by atoms with Crippen molar-refractivity contribution in [3.05, 3.63) is 11.6 Å². The first-order valence-corrected chi connectivity index (χ1v) is 7.72. The van der Waals surface area contributed by atoms with Gasteiger partial charge in [0.15, 0.2) is 0 Å². The van der Waals surface area contributed by atoms with Crippen LogP contribution in [0.4, 0.5) is 0 Å². The van der Waals surface area contributed by atoms with Crippen LogP contribution in [0.3, 0.4) is 0 Å². The van der Waals surface area contributed by atoms with Crippen molar-refractivity contribution in [1.29, 1.82) is 0 Å². The van der Waals surface area contributed by atoms with Gasteiger partial charge < -0.3 is 14.8 Å². The topological polar surface area (TPSA) is 50.8 Å². The predicted octanol–water partition coefficient (Wildman–Crippen LogP) is 1.58. The van der Waals surface area contributed by atoms with E-state index in [1.54, 1.807) is 0 Å². The second kappa shape index (κ2) is 9.18. The Kier molecular flexibility index (Phi) is 7.93. The van der Waals surface area contributed by atoms with Crippen LogP contribution in [0.5, 0.6) is 0 Å². The first-order chi connectivity index (χ1) is 9.90. The van der Waals surface area contributed by atoms with E-state index in [9.17, 15) is 4.79 Å². The van der Waals surface area contributed by atoms with Gasteiger partial charge in [-0.1, -0.05) is 11.6 Å². The Morgan fingerprint density at radius 3 is 2.81 bits per heavy atom. The molecule has 1 heterocycles. The van der Waals surface area contributed by atoms with Gasteiger partial charge in [-0.05, 0) is 41.2 Å². The van der Waals surface area contributed by atoms with Crippen molar-refractivity contribution < 1.29 is 14.3 Å². The van der Waals surface area contributed by atoms with E-state index in [0.29, 0.717) is 32.4 Å². The van der Waals surface area contributed by atoms with E-state index in [2.05, 4.69) is 19.2 Å². The highest BCUT2D eigenvalue weighted by Crippen LogP contribution is 2.12. The van der Waals surface area contributed by atoms with Crippen LogP contribution in [0.25, 0.3) is 0 Å². The number of ether oxygens (including phenoxy) is 2. The summed E-state index contributed by atoms with van der Waals surface area (Å²) in [4.78, 5) is 14.1. The standard InChI is InChI=1S/C16H30N2O3/c1-12(2)6-9-21-15-11-20-8-7-14(15)17-16(19)10-18(5)13(3)4/h6,13-15H,7-11H2,1-5H3,(H,17,19)/t14-,15-/m1/s1. The molecule has 1 saturated heterocycles. The fourth-order valence-corrected chi connectivity index (χ4v) is 2.04. The number of carbonyl (C=O) groups excluding carboxylic acids is 1. The number of rotatable bonds is 7. The number of nitrogens with one attached hydrogen (secondary N) is 1. The summed E-state index contributed by atoms with van der Waals surface area (Å²) in [6, 6.07) is 0.396. The van der Waals surface area contributed by atoms with Gasteiger partial charge in [0, 0.05) is 12.6 Å². The van der Waals surface area contributed by atoms with Crippen molar-refractivity contribution in [3.8, 4) is 0 Å². The number of hydrogen-bond donors (Lipinski definition) is 1. The molecular weight excluding hydrogens is 268 g/mol. The normalized spacial score (nSPS) is 22.4. The first kappa shape index (κ1) is 18.1. The molecule has 0 aromatic heterocycles. The molecule has 1 rings (SSSR count). The number of amides is 1. The van der Waals surface area contributed by atoms with Crippen LogP contribution in [0, 0.1) is 0 Å². The highest BCUT2D eigenvalue weighted by Gasteiger charge is 2.28. The maximum absolute atomic E-state index is 12.1. The highest BCUT2D eigenvalue weighted by molar-refractivity contribution is 5.78. The van der Waals surface area contributed by atoms with Gasteiger partial charge in [-0.15, -0.1) is 0 Å². The molecule has 1 aliphatic heterocycles. The lowest BCUT2D eigenvalue weighted by Gasteiger charge is -2.32. The Morgan fingerprint density at radius 1 is 1.48 bits per heavy atom. The van der Waals surface area contributed by atoms with Gasteiger partial charge in [-0.3, -0.25) is 9.69 Å². The molecule has 0 saturated carbocycles. The second-order valence-electron chi connectivity index (χ2n) is 6.20. The molecule has 1 aliphatic rings. The Labute approximate surface area is 128 Å². The summed E-state index contributed by atoms with van der Waals surface area (Å²) in [5.41, 5.74) is 1.23. The third-order valence-electron chi connectivity index (χ3n) is 3.73. The number of nitrogens with zero attached hydrogens (tertiary/aromatic N) is 1. The average molecular weight is 298 g/mol. The smallest absolute Gasteiger partial charge is 0.234 e. The van der Waals surface area contributed by atoms with Crippen LogP contribution in [0.1, 0.15) is 34.1 Å². The Morgan fingerprint density at radius 2 is 2.19 bits per heavy atom. The Bertz CT molecular complexity index is 351. The van der Waals surface area contributed by atoms with Gasteiger partial charge in [0.05, 0.1) is 25.8 Å². The van der Waals surface area contributed by atoms with Gasteiger partial charge >= 0.3 is 0 Å². The Hall–Kier alpha value is -0.910. The summed E-state index contributed by atoms with van der Waals surface area (Å²) in [6.45, 7) is 10.4. The summed E-state index contributed by atoms with van der Waals surface area (Å²) in [5.74, 6) is 0.0499. The zero-order valence-corrected chi connectivity index (χ0v) is 14.0. The van der Waals surface area contributed by atoms with Crippen LogP contribution in [-0.4, -0.2) is 62.4 Å². The lowest BCUT2D eigenvalue weighted by molar-refractivity contribution is -0.126. The zero-order valence-electron chi connectivity index (χ0n) is 14.0. The molecule has 1 N–H and O–H groups in total. The molecule has 0 spiro atoms. The van der Waals surface area contributed by atoms with E-state index in [0.717, 1.165) is 6.42 Å². The molecule has 5 heteroatoms. The second-order valence-corrected chi connectivity index (χ2v) is 6.20. The first-order valence-electron chi connectivity index (χ1n) is 7.72. The summed E-state index contributed by atoms with van der Waals surface area (Å²) in [5, 5.41) is 3.09. The third kappa shape index (κ3) is 7.07. The number of likely N-dealkylation sites (N-methyl/N-ethyl adjacent to an activating group) is 1. The van der Waals surface area contributed by atoms with Crippen LogP contribution >= 0.6 is 0 Å². The minimum atomic E-state index is -0.0670. The minimum Gasteiger partial charge on any atom is -0.379 e. The monoisotopic (exact) mass is 298 g/mol. The maximum atomic E-state index is 12.1. The van der Waals surface area contributed by atoms with E-state index in [4.69, 9.17) is 9.47 Å². The quantitative estimate of drug-likeness (QED) is 0.725. The van der Waals surface area contributed by atoms with E-state index >= 15 is 0 Å². The van der Waals surface area contributed by atoms with E-state index in [-0.39, 0.29) is 18.1 Å². The molecule has 0 bridgehead atoms. The van der Waals surface area contributed by atoms with Crippen molar-refractivity contribution in [3.63, 3.8) is 0 Å². The molecule has 0 aliphatic carbocycles. The molecule has 1 amide bonds. The maximum Gasteiger partial charge on any atom is 0.234 e. The van der Waals surface area contributed by atoms with Crippen molar-refractivity contribution in [2.75, 3.05) is 33.4 Å². The fraction of sp³-hybridized carbons (Fsp3) is 0.812. The van der Waals surface area contributed by atoms with Gasteiger partial charge in [-0.25, -0.2) is 0 Å². The molecule has 0 unspecified atom stereocenters. The minimum absolute atomic E-state index is 0.0392. The summed E-state index contributed by atoms with van der Waals surface area (Å²) >= 11 is 0. The molecule has 21 heavy (non-hydrogen) atoms. The van der Waals surface area contributed by atoms with Gasteiger partial charge in [0.25, 0.3) is 0 Å². The number of carbonyl (C=O) groups is 1. The molecule has 0 aromatic rings. The lowest BCUT2D eigenvalue weighted by Crippen LogP contribution is -2.52. The SMILES string of the molecule is CC(C)=CCO[C@@H]1COCC[C@H]1NC(=O)CN(C)C(C)C. The highest BCUT2D eigenvalue weighted by atomic mass is 16.5. The number of hydrogen-bond acceptors (Lipinski definition) is 4. The Balaban J connectivity index is 2.45. The number of allylic oxidation sites excluding steroid dienone is 1. The molecule has 2 atom stereocenters. The van der Waals surface area contributed by atoms with E-state index in [1.165, 1.54) is 5.57 Å². The van der Waals surface area contributed by atoms with Crippen molar-refractivity contribution in [2.24, 2.45) is 0 Å². The lowest BCUT2D eigenvalue weighted by atomic mass is 10.1. The van der Waals surface area contributed by atoms with Crippen LogP contribution in [0.15, 0.2) is 11.6 Å². The molecule has 0 aromatic carbocycles. The van der Waals surface area contributed by atoms with Crippen LogP contribution in [-0.2, 0) is 14.3 Å². The summed E-state index contributed by atoms with van der Waals surface area (Å²) in [7, 11) is 1.96.